The molecule has 0 heterocycles. The predicted molar refractivity (Wildman–Crippen MR) is 76.8 cm³/mol. The molecule has 0 aliphatic rings. The fourth-order valence-electron chi connectivity index (χ4n) is 1.69. The van der Waals surface area contributed by atoms with Crippen molar-refractivity contribution in [3.63, 3.8) is 0 Å². The van der Waals surface area contributed by atoms with Gasteiger partial charge in [-0.2, -0.15) is 0 Å². The van der Waals surface area contributed by atoms with E-state index in [1.165, 1.54) is 31.4 Å². The van der Waals surface area contributed by atoms with Crippen molar-refractivity contribution in [2.45, 2.75) is 0 Å². The molecule has 0 saturated heterocycles. The Labute approximate surface area is 120 Å². The summed E-state index contributed by atoms with van der Waals surface area (Å²) in [4.78, 5) is 12.0. The summed E-state index contributed by atoms with van der Waals surface area (Å²) in [5.74, 6) is -0.861. The Hall–Kier alpha value is -2.27. The van der Waals surface area contributed by atoms with Gasteiger partial charge in [0, 0.05) is 5.69 Å². The Morgan fingerprint density at radius 3 is 2.75 bits per heavy atom. The monoisotopic (exact) mass is 294 g/mol. The first-order valence-electron chi connectivity index (χ1n) is 5.72. The largest absolute Gasteiger partial charge is 0.495 e. The molecule has 2 aromatic carbocycles. The number of hydrogen-bond donors (Lipinski definition) is 2. The van der Waals surface area contributed by atoms with Crippen molar-refractivity contribution in [2.75, 3.05) is 18.2 Å². The summed E-state index contributed by atoms with van der Waals surface area (Å²) in [6.07, 6.45) is 0. The number of ether oxygens (including phenoxy) is 1. The summed E-state index contributed by atoms with van der Waals surface area (Å²) in [6, 6.07) is 8.97. The number of hydrogen-bond acceptors (Lipinski definition) is 3. The minimum absolute atomic E-state index is 0.105. The molecule has 104 valence electrons. The Balaban J connectivity index is 2.24. The lowest BCUT2D eigenvalue weighted by Crippen LogP contribution is -2.14. The van der Waals surface area contributed by atoms with E-state index in [1.54, 1.807) is 12.1 Å². The van der Waals surface area contributed by atoms with E-state index in [-0.39, 0.29) is 10.6 Å². The van der Waals surface area contributed by atoms with Gasteiger partial charge in [-0.25, -0.2) is 4.39 Å². The van der Waals surface area contributed by atoms with Crippen molar-refractivity contribution < 1.29 is 13.9 Å². The summed E-state index contributed by atoms with van der Waals surface area (Å²) < 4.78 is 18.7. The molecule has 0 radical (unpaired) electrons. The smallest absolute Gasteiger partial charge is 0.258 e. The van der Waals surface area contributed by atoms with Crippen LogP contribution in [0.3, 0.4) is 0 Å². The first-order valence-corrected chi connectivity index (χ1v) is 6.09. The lowest BCUT2D eigenvalue weighted by molar-refractivity contribution is 0.102. The molecule has 0 fully saturated rings. The van der Waals surface area contributed by atoms with Gasteiger partial charge in [-0.3, -0.25) is 4.79 Å². The fraction of sp³-hybridized carbons (Fsp3) is 0.0714. The topological polar surface area (TPSA) is 64.3 Å². The first-order chi connectivity index (χ1) is 9.52. The van der Waals surface area contributed by atoms with Crippen molar-refractivity contribution in [2.24, 2.45) is 0 Å². The second kappa shape index (κ2) is 5.79. The number of carbonyl (C=O) groups is 1. The van der Waals surface area contributed by atoms with E-state index < -0.39 is 11.7 Å². The van der Waals surface area contributed by atoms with Crippen LogP contribution in [0, 0.1) is 5.82 Å². The molecule has 2 rings (SSSR count). The normalized spacial score (nSPS) is 10.2. The van der Waals surface area contributed by atoms with Gasteiger partial charge in [0.1, 0.15) is 5.75 Å². The Morgan fingerprint density at radius 1 is 1.35 bits per heavy atom. The van der Waals surface area contributed by atoms with Crippen LogP contribution in [-0.2, 0) is 0 Å². The van der Waals surface area contributed by atoms with Crippen LogP contribution in [0.2, 0.25) is 5.02 Å². The number of nitrogens with one attached hydrogen (secondary N) is 1. The number of rotatable bonds is 3. The maximum absolute atomic E-state index is 13.7. The average Bonchev–Trinajstić information content (AvgIpc) is 2.42. The summed E-state index contributed by atoms with van der Waals surface area (Å²) >= 11 is 5.63. The zero-order chi connectivity index (χ0) is 14.7. The number of methoxy groups -OCH3 is 1. The number of benzene rings is 2. The second-order valence-electron chi connectivity index (χ2n) is 4.01. The van der Waals surface area contributed by atoms with Crippen molar-refractivity contribution in [1.29, 1.82) is 0 Å². The number of nitrogens with two attached hydrogens (primary N) is 1. The highest BCUT2D eigenvalue weighted by Gasteiger charge is 2.14. The first kappa shape index (κ1) is 14.1. The molecule has 20 heavy (non-hydrogen) atoms. The minimum atomic E-state index is -0.756. The van der Waals surface area contributed by atoms with Gasteiger partial charge < -0.3 is 15.8 Å². The molecule has 4 nitrogen and oxygen atoms in total. The number of halogens is 2. The van der Waals surface area contributed by atoms with Gasteiger partial charge in [-0.1, -0.05) is 17.7 Å². The van der Waals surface area contributed by atoms with Crippen LogP contribution >= 0.6 is 11.6 Å². The fourth-order valence-corrected chi connectivity index (χ4v) is 1.86. The summed E-state index contributed by atoms with van der Waals surface area (Å²) in [5.41, 5.74) is 6.41. The van der Waals surface area contributed by atoms with Crippen LogP contribution in [0.5, 0.6) is 5.75 Å². The lowest BCUT2D eigenvalue weighted by atomic mass is 10.2. The zero-order valence-corrected chi connectivity index (χ0v) is 11.4. The highest BCUT2D eigenvalue weighted by molar-refractivity contribution is 6.31. The molecule has 1 amide bonds. The maximum atomic E-state index is 13.7. The SMILES string of the molecule is COc1ccc(NC(=O)c2cccc(Cl)c2F)cc1N. The van der Waals surface area contributed by atoms with Crippen LogP contribution in [0.15, 0.2) is 36.4 Å². The standard InChI is InChI=1S/C14H12ClFN2O2/c1-20-12-6-5-8(7-11(12)17)18-14(19)9-3-2-4-10(15)13(9)16/h2-7H,17H2,1H3,(H,18,19). The molecule has 0 unspecified atom stereocenters. The lowest BCUT2D eigenvalue weighted by Gasteiger charge is -2.09. The van der Waals surface area contributed by atoms with E-state index in [1.807, 2.05) is 0 Å². The number of nitrogen functional groups attached to an aromatic ring is 1. The molecule has 0 aromatic heterocycles. The van der Waals surface area contributed by atoms with Crippen molar-refractivity contribution >= 4 is 28.9 Å². The van der Waals surface area contributed by atoms with Gasteiger partial charge >= 0.3 is 0 Å². The third-order valence-electron chi connectivity index (χ3n) is 2.68. The third kappa shape index (κ3) is 2.83. The third-order valence-corrected chi connectivity index (χ3v) is 2.98. The van der Waals surface area contributed by atoms with E-state index in [0.29, 0.717) is 17.1 Å². The number of anilines is 2. The van der Waals surface area contributed by atoms with Crippen LogP contribution in [0.1, 0.15) is 10.4 Å². The molecular formula is C14H12ClFN2O2. The van der Waals surface area contributed by atoms with Crippen LogP contribution in [0.25, 0.3) is 0 Å². The van der Waals surface area contributed by atoms with Gasteiger partial charge in [-0.15, -0.1) is 0 Å². The van der Waals surface area contributed by atoms with Crippen LogP contribution < -0.4 is 15.8 Å². The van der Waals surface area contributed by atoms with Gasteiger partial charge in [-0.05, 0) is 30.3 Å². The Morgan fingerprint density at radius 2 is 2.10 bits per heavy atom. The van der Waals surface area contributed by atoms with Gasteiger partial charge in [0.15, 0.2) is 5.82 Å². The van der Waals surface area contributed by atoms with E-state index in [4.69, 9.17) is 22.1 Å². The van der Waals surface area contributed by atoms with E-state index in [2.05, 4.69) is 5.32 Å². The molecular weight excluding hydrogens is 283 g/mol. The molecule has 0 aliphatic heterocycles. The maximum Gasteiger partial charge on any atom is 0.258 e. The summed E-state index contributed by atoms with van der Waals surface area (Å²) in [6.45, 7) is 0. The predicted octanol–water partition coefficient (Wildman–Crippen LogP) is 3.32. The van der Waals surface area contributed by atoms with Crippen molar-refractivity contribution in [3.8, 4) is 5.75 Å². The Bertz CT molecular complexity index is 662. The van der Waals surface area contributed by atoms with Crippen LogP contribution in [0.4, 0.5) is 15.8 Å². The molecule has 0 spiro atoms. The van der Waals surface area contributed by atoms with Gasteiger partial charge in [0.25, 0.3) is 5.91 Å². The number of amides is 1. The Kier molecular flexibility index (Phi) is 4.10. The molecule has 6 heteroatoms. The van der Waals surface area contributed by atoms with Crippen LogP contribution in [-0.4, -0.2) is 13.0 Å². The molecule has 0 aliphatic carbocycles. The summed E-state index contributed by atoms with van der Waals surface area (Å²) in [5, 5.41) is 2.44. The molecule has 0 bridgehead atoms. The molecule has 0 saturated carbocycles. The van der Waals surface area contributed by atoms with E-state index >= 15 is 0 Å². The minimum Gasteiger partial charge on any atom is -0.495 e. The van der Waals surface area contributed by atoms with Gasteiger partial charge in [0.05, 0.1) is 23.4 Å². The van der Waals surface area contributed by atoms with Crippen molar-refractivity contribution in [1.82, 2.24) is 0 Å². The quantitative estimate of drug-likeness (QED) is 0.854. The number of carbonyl (C=O) groups excluding carboxylic acids is 1. The second-order valence-corrected chi connectivity index (χ2v) is 4.42. The highest BCUT2D eigenvalue weighted by atomic mass is 35.5. The highest BCUT2D eigenvalue weighted by Crippen LogP contribution is 2.25. The van der Waals surface area contributed by atoms with Gasteiger partial charge in [0.2, 0.25) is 0 Å². The summed E-state index contributed by atoms with van der Waals surface area (Å²) in [7, 11) is 1.49. The average molecular weight is 295 g/mol. The molecule has 0 atom stereocenters. The van der Waals surface area contributed by atoms with Crippen molar-refractivity contribution in [3.05, 3.63) is 52.8 Å². The molecule has 3 N–H and O–H groups in total. The molecule has 2 aromatic rings. The van der Waals surface area contributed by atoms with E-state index in [9.17, 15) is 9.18 Å². The zero-order valence-electron chi connectivity index (χ0n) is 10.6. The van der Waals surface area contributed by atoms with E-state index in [0.717, 1.165) is 0 Å².